The van der Waals surface area contributed by atoms with E-state index in [9.17, 15) is 0 Å². The summed E-state index contributed by atoms with van der Waals surface area (Å²) < 4.78 is 1.53. The fourth-order valence-corrected chi connectivity index (χ4v) is 0.936. The zero-order chi connectivity index (χ0) is 10.2. The molecular formula is C8H17N5. The van der Waals surface area contributed by atoms with Crippen LogP contribution in [0.2, 0.25) is 0 Å². The summed E-state index contributed by atoms with van der Waals surface area (Å²) in [6.07, 6.45) is 0. The first-order valence-electron chi connectivity index (χ1n) is 4.24. The number of nitrogens with two attached hydrogens (primary N) is 2. The van der Waals surface area contributed by atoms with E-state index < -0.39 is 0 Å². The van der Waals surface area contributed by atoms with Crippen molar-refractivity contribution < 1.29 is 0 Å². The molecule has 1 rings (SSSR count). The molecule has 0 fully saturated rings. The molecule has 1 aromatic rings. The quantitative estimate of drug-likeness (QED) is 0.662. The lowest BCUT2D eigenvalue weighted by atomic mass is 9.87. The van der Waals surface area contributed by atoms with Gasteiger partial charge in [0.25, 0.3) is 0 Å². The van der Waals surface area contributed by atoms with Gasteiger partial charge in [-0.1, -0.05) is 20.8 Å². The van der Waals surface area contributed by atoms with E-state index in [4.69, 9.17) is 11.5 Å². The molecule has 1 unspecified atom stereocenters. The maximum absolute atomic E-state index is 5.96. The maximum atomic E-state index is 5.96. The van der Waals surface area contributed by atoms with Crippen LogP contribution in [0.3, 0.4) is 0 Å². The third kappa shape index (κ3) is 1.98. The molecule has 1 aromatic heterocycles. The SMILES string of the molecule is Cn1nc(C(N)C(C)(C)C)nc1N. The highest BCUT2D eigenvalue weighted by Crippen LogP contribution is 2.28. The van der Waals surface area contributed by atoms with Crippen LogP contribution >= 0.6 is 0 Å². The Kier molecular flexibility index (Phi) is 2.30. The Labute approximate surface area is 78.1 Å². The summed E-state index contributed by atoms with van der Waals surface area (Å²) in [5.41, 5.74) is 11.5. The molecule has 0 aliphatic heterocycles. The normalized spacial score (nSPS) is 14.5. The zero-order valence-electron chi connectivity index (χ0n) is 8.57. The van der Waals surface area contributed by atoms with Crippen LogP contribution in [0.25, 0.3) is 0 Å². The van der Waals surface area contributed by atoms with Crippen molar-refractivity contribution in [1.82, 2.24) is 14.8 Å². The first kappa shape index (κ1) is 9.98. The molecule has 0 aromatic carbocycles. The first-order valence-corrected chi connectivity index (χ1v) is 4.24. The number of anilines is 1. The average molecular weight is 183 g/mol. The molecule has 0 bridgehead atoms. The van der Waals surface area contributed by atoms with Gasteiger partial charge in [0.1, 0.15) is 0 Å². The molecule has 0 aliphatic carbocycles. The maximum Gasteiger partial charge on any atom is 0.218 e. The minimum absolute atomic E-state index is 0.0478. The molecule has 5 nitrogen and oxygen atoms in total. The predicted molar refractivity (Wildman–Crippen MR) is 51.8 cm³/mol. The Morgan fingerprint density at radius 1 is 1.38 bits per heavy atom. The van der Waals surface area contributed by atoms with Gasteiger partial charge in [0.05, 0.1) is 6.04 Å². The van der Waals surface area contributed by atoms with Crippen molar-refractivity contribution in [1.29, 1.82) is 0 Å². The lowest BCUT2D eigenvalue weighted by Gasteiger charge is -2.24. The van der Waals surface area contributed by atoms with Gasteiger partial charge in [0, 0.05) is 7.05 Å². The number of nitrogen functional groups attached to an aromatic ring is 1. The summed E-state index contributed by atoms with van der Waals surface area (Å²) in [6.45, 7) is 6.14. The third-order valence-corrected chi connectivity index (χ3v) is 2.02. The van der Waals surface area contributed by atoms with Gasteiger partial charge in [-0.15, -0.1) is 0 Å². The molecule has 0 saturated heterocycles. The standard InChI is InChI=1S/C8H17N5/c1-8(2,3)5(9)6-11-7(10)13(4)12-6/h5H,9H2,1-4H3,(H2,10,11,12). The first-order chi connectivity index (χ1) is 5.82. The number of aromatic nitrogens is 3. The van der Waals surface area contributed by atoms with Gasteiger partial charge in [-0.25, -0.2) is 4.68 Å². The second-order valence-electron chi connectivity index (χ2n) is 4.30. The minimum Gasteiger partial charge on any atom is -0.368 e. The van der Waals surface area contributed by atoms with Gasteiger partial charge >= 0.3 is 0 Å². The van der Waals surface area contributed by atoms with E-state index in [0.717, 1.165) is 0 Å². The molecule has 0 radical (unpaired) electrons. The smallest absolute Gasteiger partial charge is 0.218 e. The van der Waals surface area contributed by atoms with Gasteiger partial charge in [0.15, 0.2) is 5.82 Å². The molecule has 0 aliphatic rings. The Morgan fingerprint density at radius 2 is 1.92 bits per heavy atom. The molecule has 1 atom stereocenters. The largest absolute Gasteiger partial charge is 0.368 e. The summed E-state index contributed by atoms with van der Waals surface area (Å²) in [5, 5.41) is 4.13. The Morgan fingerprint density at radius 3 is 2.23 bits per heavy atom. The van der Waals surface area contributed by atoms with Crippen molar-refractivity contribution >= 4 is 5.95 Å². The van der Waals surface area contributed by atoms with Crippen LogP contribution in [0.5, 0.6) is 0 Å². The Balaban J connectivity index is 2.96. The predicted octanol–water partition coefficient (Wildman–Crippen LogP) is 0.443. The highest BCUT2D eigenvalue weighted by Gasteiger charge is 2.26. The van der Waals surface area contributed by atoms with Gasteiger partial charge < -0.3 is 11.5 Å². The second-order valence-corrected chi connectivity index (χ2v) is 4.30. The van der Waals surface area contributed by atoms with Gasteiger partial charge in [-0.3, -0.25) is 0 Å². The molecule has 13 heavy (non-hydrogen) atoms. The molecule has 5 heteroatoms. The summed E-state index contributed by atoms with van der Waals surface area (Å²) >= 11 is 0. The van der Waals surface area contributed by atoms with E-state index >= 15 is 0 Å². The van der Waals surface area contributed by atoms with E-state index in [1.54, 1.807) is 7.05 Å². The van der Waals surface area contributed by atoms with E-state index in [2.05, 4.69) is 10.1 Å². The van der Waals surface area contributed by atoms with Crippen LogP contribution in [0, 0.1) is 5.41 Å². The molecule has 1 heterocycles. The van der Waals surface area contributed by atoms with E-state index in [-0.39, 0.29) is 11.5 Å². The van der Waals surface area contributed by atoms with Crippen LogP contribution < -0.4 is 11.5 Å². The zero-order valence-corrected chi connectivity index (χ0v) is 8.57. The van der Waals surface area contributed by atoms with Gasteiger partial charge in [-0.2, -0.15) is 10.1 Å². The van der Waals surface area contributed by atoms with Crippen LogP contribution in [-0.4, -0.2) is 14.8 Å². The minimum atomic E-state index is -0.184. The van der Waals surface area contributed by atoms with Gasteiger partial charge in [0.2, 0.25) is 5.95 Å². The van der Waals surface area contributed by atoms with Gasteiger partial charge in [-0.05, 0) is 5.41 Å². The summed E-state index contributed by atoms with van der Waals surface area (Å²) in [4.78, 5) is 4.08. The van der Waals surface area contributed by atoms with E-state index in [1.807, 2.05) is 20.8 Å². The van der Waals surface area contributed by atoms with E-state index in [1.165, 1.54) is 4.68 Å². The fourth-order valence-electron chi connectivity index (χ4n) is 0.936. The lowest BCUT2D eigenvalue weighted by Crippen LogP contribution is -2.27. The van der Waals surface area contributed by atoms with Crippen molar-refractivity contribution in [3.05, 3.63) is 5.82 Å². The van der Waals surface area contributed by atoms with Crippen LogP contribution in [0.4, 0.5) is 5.95 Å². The monoisotopic (exact) mass is 183 g/mol. The van der Waals surface area contributed by atoms with Crippen LogP contribution in [-0.2, 0) is 7.05 Å². The molecule has 0 amide bonds. The second kappa shape index (κ2) is 2.99. The number of rotatable bonds is 1. The van der Waals surface area contributed by atoms with Crippen molar-refractivity contribution in [3.63, 3.8) is 0 Å². The lowest BCUT2D eigenvalue weighted by molar-refractivity contribution is 0.315. The fraction of sp³-hybridized carbons (Fsp3) is 0.750. The van der Waals surface area contributed by atoms with Crippen molar-refractivity contribution in [2.24, 2.45) is 18.2 Å². The summed E-state index contributed by atoms with van der Waals surface area (Å²) in [7, 11) is 1.75. The molecular weight excluding hydrogens is 166 g/mol. The molecule has 4 N–H and O–H groups in total. The van der Waals surface area contributed by atoms with Crippen molar-refractivity contribution in [3.8, 4) is 0 Å². The highest BCUT2D eigenvalue weighted by atomic mass is 15.4. The third-order valence-electron chi connectivity index (χ3n) is 2.02. The molecule has 0 spiro atoms. The molecule has 0 saturated carbocycles. The summed E-state index contributed by atoms with van der Waals surface area (Å²) in [5.74, 6) is 1.00. The van der Waals surface area contributed by atoms with E-state index in [0.29, 0.717) is 11.8 Å². The Bertz CT molecular complexity index is 276. The van der Waals surface area contributed by atoms with Crippen molar-refractivity contribution in [2.45, 2.75) is 26.8 Å². The van der Waals surface area contributed by atoms with Crippen molar-refractivity contribution in [2.75, 3.05) is 5.73 Å². The number of aryl methyl sites for hydroxylation is 1. The van der Waals surface area contributed by atoms with Crippen LogP contribution in [0.1, 0.15) is 32.6 Å². The average Bonchev–Trinajstić information content (AvgIpc) is 2.29. The number of nitrogens with zero attached hydrogens (tertiary/aromatic N) is 3. The topological polar surface area (TPSA) is 82.8 Å². The Hall–Kier alpha value is -1.10. The van der Waals surface area contributed by atoms with Crippen LogP contribution in [0.15, 0.2) is 0 Å². The number of hydrogen-bond acceptors (Lipinski definition) is 4. The highest BCUT2D eigenvalue weighted by molar-refractivity contribution is 5.17. The summed E-state index contributed by atoms with van der Waals surface area (Å²) in [6, 6.07) is -0.184. The number of hydrogen-bond donors (Lipinski definition) is 2. The molecule has 74 valence electrons.